The maximum atomic E-state index is 14.9. The molecule has 2 rings (SSSR count). The third-order valence-corrected chi connectivity index (χ3v) is 9.53. The summed E-state index contributed by atoms with van der Waals surface area (Å²) < 4.78 is 0. The number of Topliss-reactive ketones (excluding diaryl/α,β-unsaturated/α-hetero) is 1. The lowest BCUT2D eigenvalue weighted by atomic mass is 9.37. The highest BCUT2D eigenvalue weighted by atomic mass is 16.3. The van der Waals surface area contributed by atoms with Gasteiger partial charge in [0.05, 0.1) is 23.0 Å². The Morgan fingerprint density at radius 3 is 1.95 bits per heavy atom. The van der Waals surface area contributed by atoms with E-state index in [1.165, 1.54) is 11.1 Å². The van der Waals surface area contributed by atoms with E-state index >= 15 is 0 Å². The minimum atomic E-state index is -1.44. The predicted molar refractivity (Wildman–Crippen MR) is 163 cm³/mol. The molecule has 0 saturated heterocycles. The zero-order chi connectivity index (χ0) is 29.9. The molecule has 0 radical (unpaired) electrons. The first-order valence-corrected chi connectivity index (χ1v) is 14.9. The second-order valence-electron chi connectivity index (χ2n) is 13.9. The highest BCUT2D eigenvalue weighted by molar-refractivity contribution is 6.04. The standard InChI is InChI=1S/C35H56O4/c1-22(2)13-12-19-33(11)27(16-14-23(3)4)21-34(20-18-25(7)8)30(37)28(17-15-24(5)6)31(38)35(33,32(34)39)29(36)26(9)10/h13-15,18,26-27,29,32,36-37,39H,12,16-17,19-21H2,1-11H3/t27-,29?,32?,33+,34-,35+/m0/s1. The van der Waals surface area contributed by atoms with Crippen molar-refractivity contribution in [3.63, 3.8) is 0 Å². The van der Waals surface area contributed by atoms with Crippen LogP contribution in [-0.4, -0.2) is 33.3 Å². The number of aliphatic hydroxyl groups is 3. The minimum Gasteiger partial charge on any atom is -0.511 e. The van der Waals surface area contributed by atoms with Crippen molar-refractivity contribution in [3.8, 4) is 0 Å². The van der Waals surface area contributed by atoms with Gasteiger partial charge in [-0.1, -0.05) is 67.4 Å². The Kier molecular flexibility index (Phi) is 10.9. The van der Waals surface area contributed by atoms with Crippen LogP contribution in [0, 0.1) is 28.1 Å². The van der Waals surface area contributed by atoms with Crippen LogP contribution in [0.2, 0.25) is 0 Å². The molecular formula is C35H56O4. The van der Waals surface area contributed by atoms with Crippen molar-refractivity contribution in [2.24, 2.45) is 28.1 Å². The van der Waals surface area contributed by atoms with Crippen molar-refractivity contribution < 1.29 is 20.1 Å². The molecule has 0 spiro atoms. The van der Waals surface area contributed by atoms with Gasteiger partial charge in [0.1, 0.15) is 5.76 Å². The Morgan fingerprint density at radius 2 is 1.46 bits per heavy atom. The summed E-state index contributed by atoms with van der Waals surface area (Å²) in [7, 11) is 0. The first-order chi connectivity index (χ1) is 18.0. The number of hydrogen-bond donors (Lipinski definition) is 3. The highest BCUT2D eigenvalue weighted by Crippen LogP contribution is 2.70. The van der Waals surface area contributed by atoms with Crippen LogP contribution in [-0.2, 0) is 4.79 Å². The predicted octanol–water partition coefficient (Wildman–Crippen LogP) is 8.57. The van der Waals surface area contributed by atoms with Crippen LogP contribution in [0.5, 0.6) is 0 Å². The molecule has 3 N–H and O–H groups in total. The number of fused-ring (bicyclic) bond motifs is 2. The number of carbonyl (C=O) groups excluding carboxylic acids is 1. The van der Waals surface area contributed by atoms with Crippen molar-refractivity contribution in [2.75, 3.05) is 0 Å². The first-order valence-electron chi connectivity index (χ1n) is 14.9. The molecule has 2 aliphatic rings. The molecule has 220 valence electrons. The molecule has 2 bridgehead atoms. The van der Waals surface area contributed by atoms with Gasteiger partial charge in [-0.05, 0) is 111 Å². The third kappa shape index (κ3) is 6.07. The summed E-state index contributed by atoms with van der Waals surface area (Å²) in [5.41, 5.74) is 1.75. The quantitative estimate of drug-likeness (QED) is 0.229. The molecule has 4 nitrogen and oxygen atoms in total. The van der Waals surface area contributed by atoms with Crippen molar-refractivity contribution in [1.82, 2.24) is 0 Å². The first kappa shape index (κ1) is 33.3. The van der Waals surface area contributed by atoms with Crippen LogP contribution in [0.3, 0.4) is 0 Å². The summed E-state index contributed by atoms with van der Waals surface area (Å²) in [4.78, 5) is 14.9. The molecule has 2 aliphatic carbocycles. The largest absolute Gasteiger partial charge is 0.511 e. The molecule has 0 aromatic carbocycles. The zero-order valence-corrected chi connectivity index (χ0v) is 26.6. The van der Waals surface area contributed by atoms with Gasteiger partial charge in [-0.15, -0.1) is 0 Å². The number of rotatable bonds is 11. The van der Waals surface area contributed by atoms with E-state index in [2.05, 4.69) is 52.8 Å². The van der Waals surface area contributed by atoms with Gasteiger partial charge in [-0.3, -0.25) is 4.79 Å². The molecule has 39 heavy (non-hydrogen) atoms. The molecule has 4 heteroatoms. The van der Waals surface area contributed by atoms with E-state index in [0.29, 0.717) is 31.3 Å². The van der Waals surface area contributed by atoms with Crippen molar-refractivity contribution in [2.45, 2.75) is 127 Å². The van der Waals surface area contributed by atoms with E-state index in [9.17, 15) is 20.1 Å². The fraction of sp³-hybridized carbons (Fsp3) is 0.686. The molecule has 0 amide bonds. The molecule has 0 aromatic rings. The third-order valence-electron chi connectivity index (χ3n) is 9.53. The van der Waals surface area contributed by atoms with Crippen LogP contribution >= 0.6 is 0 Å². The number of carbonyl (C=O) groups is 1. The fourth-order valence-electron chi connectivity index (χ4n) is 7.26. The number of aliphatic hydroxyl groups excluding tert-OH is 3. The van der Waals surface area contributed by atoms with Gasteiger partial charge in [0.15, 0.2) is 5.78 Å². The number of hydrogen-bond acceptors (Lipinski definition) is 4. The van der Waals surface area contributed by atoms with Gasteiger partial charge in [0, 0.05) is 5.57 Å². The van der Waals surface area contributed by atoms with Gasteiger partial charge in [-0.2, -0.15) is 0 Å². The lowest BCUT2D eigenvalue weighted by Crippen LogP contribution is -2.74. The smallest absolute Gasteiger partial charge is 0.174 e. The van der Waals surface area contributed by atoms with Crippen LogP contribution in [0.1, 0.15) is 115 Å². The van der Waals surface area contributed by atoms with Crippen LogP contribution < -0.4 is 0 Å². The average molecular weight is 541 g/mol. The normalized spacial score (nSPS) is 31.1. The summed E-state index contributed by atoms with van der Waals surface area (Å²) in [5.74, 6) is -0.521. The Hall–Kier alpha value is -1.91. The highest BCUT2D eigenvalue weighted by Gasteiger charge is 2.75. The molecule has 2 unspecified atom stereocenters. The molecular weight excluding hydrogens is 484 g/mol. The summed E-state index contributed by atoms with van der Waals surface area (Å²) >= 11 is 0. The van der Waals surface area contributed by atoms with E-state index in [1.54, 1.807) is 0 Å². The van der Waals surface area contributed by atoms with E-state index in [4.69, 9.17) is 0 Å². The van der Waals surface area contributed by atoms with Gasteiger partial charge in [0.2, 0.25) is 0 Å². The monoisotopic (exact) mass is 540 g/mol. The molecule has 1 saturated carbocycles. The maximum absolute atomic E-state index is 14.9. The topological polar surface area (TPSA) is 77.8 Å². The molecule has 0 aromatic heterocycles. The van der Waals surface area contributed by atoms with Crippen molar-refractivity contribution >= 4 is 5.78 Å². The molecule has 0 aliphatic heterocycles. The van der Waals surface area contributed by atoms with Crippen molar-refractivity contribution in [1.29, 1.82) is 0 Å². The van der Waals surface area contributed by atoms with Gasteiger partial charge in [0.25, 0.3) is 0 Å². The fourth-order valence-corrected chi connectivity index (χ4v) is 7.26. The summed E-state index contributed by atoms with van der Waals surface area (Å²) in [6.45, 7) is 22.3. The average Bonchev–Trinajstić information content (AvgIpc) is 2.81. The maximum Gasteiger partial charge on any atom is 0.174 e. The Balaban J connectivity index is 3.06. The molecule has 6 atom stereocenters. The molecule has 0 heterocycles. The van der Waals surface area contributed by atoms with Crippen LogP contribution in [0.4, 0.5) is 0 Å². The Bertz CT molecular complexity index is 1050. The van der Waals surface area contributed by atoms with Gasteiger partial charge < -0.3 is 15.3 Å². The summed E-state index contributed by atoms with van der Waals surface area (Å²) in [6, 6.07) is 0. The second-order valence-corrected chi connectivity index (χ2v) is 13.9. The lowest BCUT2D eigenvalue weighted by Gasteiger charge is -2.67. The molecule has 1 fully saturated rings. The summed E-state index contributed by atoms with van der Waals surface area (Å²) in [6.07, 6.45) is 9.63. The van der Waals surface area contributed by atoms with Crippen molar-refractivity contribution in [3.05, 3.63) is 57.9 Å². The number of ketones is 1. The number of allylic oxidation sites excluding steroid dienone is 9. The zero-order valence-electron chi connectivity index (χ0n) is 26.6. The summed E-state index contributed by atoms with van der Waals surface area (Å²) in [5, 5.41) is 36.7. The van der Waals surface area contributed by atoms with E-state index in [-0.39, 0.29) is 23.4 Å². The van der Waals surface area contributed by atoms with Crippen LogP contribution in [0.25, 0.3) is 0 Å². The van der Waals surface area contributed by atoms with Crippen LogP contribution in [0.15, 0.2) is 57.9 Å². The van der Waals surface area contributed by atoms with Gasteiger partial charge in [-0.25, -0.2) is 0 Å². The SMILES string of the molecule is CC(C)=CCC[C@]1(C)[C@@H](CC=C(C)C)C[C@@]2(CC=C(C)C)C(O)=C(CC=C(C)C)C(=O)[C@]1(C(O)C(C)C)C2O. The van der Waals surface area contributed by atoms with Gasteiger partial charge >= 0.3 is 0 Å². The van der Waals surface area contributed by atoms with E-state index in [1.807, 2.05) is 47.6 Å². The van der Waals surface area contributed by atoms with E-state index < -0.39 is 28.5 Å². The Labute approximate surface area is 238 Å². The Morgan fingerprint density at radius 1 is 0.923 bits per heavy atom. The lowest BCUT2D eigenvalue weighted by molar-refractivity contribution is -0.243. The van der Waals surface area contributed by atoms with E-state index in [0.717, 1.165) is 24.0 Å². The minimum absolute atomic E-state index is 0.0172. The second kappa shape index (κ2) is 12.7.